The molecular formula is C7H8ClN3O3. The summed E-state index contributed by atoms with van der Waals surface area (Å²) in [6.45, 7) is 0. The van der Waals surface area contributed by atoms with Gasteiger partial charge in [0.2, 0.25) is 17.0 Å². The zero-order chi connectivity index (χ0) is 10.7. The van der Waals surface area contributed by atoms with Gasteiger partial charge >= 0.3 is 0 Å². The Kier molecular flexibility index (Phi) is 3.08. The third-order valence-electron chi connectivity index (χ3n) is 1.45. The third kappa shape index (κ3) is 1.85. The van der Waals surface area contributed by atoms with Gasteiger partial charge in [-0.3, -0.25) is 4.79 Å². The van der Waals surface area contributed by atoms with Crippen molar-refractivity contribution in [1.29, 1.82) is 0 Å². The van der Waals surface area contributed by atoms with Crippen LogP contribution >= 0.6 is 11.6 Å². The number of hydrogen-bond donors (Lipinski definition) is 1. The highest BCUT2D eigenvalue weighted by Gasteiger charge is 2.19. The van der Waals surface area contributed by atoms with Gasteiger partial charge in [0.25, 0.3) is 5.91 Å². The second-order valence-electron chi connectivity index (χ2n) is 2.25. The Labute approximate surface area is 85.0 Å². The third-order valence-corrected chi connectivity index (χ3v) is 1.62. The minimum Gasteiger partial charge on any atom is -0.480 e. The number of amides is 1. The number of carbonyl (C=O) groups is 1. The van der Waals surface area contributed by atoms with Crippen LogP contribution in [0.25, 0.3) is 0 Å². The second kappa shape index (κ2) is 4.10. The van der Waals surface area contributed by atoms with Gasteiger partial charge in [-0.2, -0.15) is 9.97 Å². The predicted molar refractivity (Wildman–Crippen MR) is 48.7 cm³/mol. The molecule has 0 spiro atoms. The van der Waals surface area contributed by atoms with E-state index in [-0.39, 0.29) is 22.6 Å². The molecule has 0 atom stereocenters. The van der Waals surface area contributed by atoms with Crippen LogP contribution in [0.1, 0.15) is 10.4 Å². The first-order chi connectivity index (χ1) is 6.60. The number of nitrogens with zero attached hydrogens (tertiary/aromatic N) is 2. The Morgan fingerprint density at radius 2 is 1.71 bits per heavy atom. The summed E-state index contributed by atoms with van der Waals surface area (Å²) < 4.78 is 9.63. The summed E-state index contributed by atoms with van der Waals surface area (Å²) in [4.78, 5) is 18.4. The number of ether oxygens (including phenoxy) is 2. The van der Waals surface area contributed by atoms with E-state index in [0.717, 1.165) is 0 Å². The molecular weight excluding hydrogens is 210 g/mol. The lowest BCUT2D eigenvalue weighted by atomic mass is 10.3. The normalized spacial score (nSPS) is 9.64. The van der Waals surface area contributed by atoms with E-state index in [1.54, 1.807) is 0 Å². The van der Waals surface area contributed by atoms with Crippen LogP contribution in [-0.2, 0) is 0 Å². The molecule has 0 bridgehead atoms. The average molecular weight is 218 g/mol. The summed E-state index contributed by atoms with van der Waals surface area (Å²) in [5.41, 5.74) is 5.07. The van der Waals surface area contributed by atoms with Crippen LogP contribution in [0.2, 0.25) is 5.28 Å². The van der Waals surface area contributed by atoms with Gasteiger partial charge in [-0.05, 0) is 11.6 Å². The SMILES string of the molecule is COc1nc(Cl)nc(OC)c1C(N)=O. The van der Waals surface area contributed by atoms with Gasteiger partial charge in [0.1, 0.15) is 0 Å². The number of halogens is 1. The molecule has 6 nitrogen and oxygen atoms in total. The predicted octanol–water partition coefficient (Wildman–Crippen LogP) is 0.246. The van der Waals surface area contributed by atoms with Crippen LogP contribution in [0, 0.1) is 0 Å². The molecule has 0 fully saturated rings. The fourth-order valence-corrected chi connectivity index (χ4v) is 1.06. The van der Waals surface area contributed by atoms with E-state index >= 15 is 0 Å². The van der Waals surface area contributed by atoms with Crippen LogP contribution in [0.3, 0.4) is 0 Å². The maximum absolute atomic E-state index is 11.0. The van der Waals surface area contributed by atoms with E-state index in [0.29, 0.717) is 0 Å². The molecule has 0 saturated carbocycles. The number of nitrogens with two attached hydrogens (primary N) is 1. The molecule has 1 amide bonds. The van der Waals surface area contributed by atoms with Gasteiger partial charge in [-0.1, -0.05) is 0 Å². The molecule has 0 saturated heterocycles. The minimum absolute atomic E-state index is 0.00523. The average Bonchev–Trinajstić information content (AvgIpc) is 2.15. The molecule has 2 N–H and O–H groups in total. The molecule has 0 aliphatic carbocycles. The van der Waals surface area contributed by atoms with Crippen LogP contribution in [0.15, 0.2) is 0 Å². The molecule has 1 aromatic rings. The van der Waals surface area contributed by atoms with Gasteiger partial charge in [0.05, 0.1) is 14.2 Å². The van der Waals surface area contributed by atoms with Crippen molar-refractivity contribution in [3.63, 3.8) is 0 Å². The number of carbonyl (C=O) groups excluding carboxylic acids is 1. The topological polar surface area (TPSA) is 87.3 Å². The van der Waals surface area contributed by atoms with Gasteiger partial charge in [-0.15, -0.1) is 0 Å². The van der Waals surface area contributed by atoms with E-state index in [1.807, 2.05) is 0 Å². The molecule has 0 aliphatic heterocycles. The summed E-state index contributed by atoms with van der Waals surface area (Å²) >= 11 is 5.55. The molecule has 1 heterocycles. The van der Waals surface area contributed by atoms with E-state index in [1.165, 1.54) is 14.2 Å². The summed E-state index contributed by atoms with van der Waals surface area (Å²) in [6.07, 6.45) is 0. The van der Waals surface area contributed by atoms with E-state index in [2.05, 4.69) is 9.97 Å². The molecule has 0 aromatic carbocycles. The molecule has 1 rings (SSSR count). The molecule has 76 valence electrons. The lowest BCUT2D eigenvalue weighted by Crippen LogP contribution is -2.16. The highest BCUT2D eigenvalue weighted by atomic mass is 35.5. The summed E-state index contributed by atoms with van der Waals surface area (Å²) in [6, 6.07) is 0. The zero-order valence-electron chi connectivity index (χ0n) is 7.57. The van der Waals surface area contributed by atoms with Crippen LogP contribution in [-0.4, -0.2) is 30.1 Å². The smallest absolute Gasteiger partial charge is 0.259 e. The number of aromatic nitrogens is 2. The zero-order valence-corrected chi connectivity index (χ0v) is 8.33. The number of rotatable bonds is 3. The van der Waals surface area contributed by atoms with Gasteiger partial charge in [0, 0.05) is 0 Å². The first-order valence-corrected chi connectivity index (χ1v) is 3.93. The Bertz CT molecular complexity index is 344. The molecule has 0 aliphatic rings. The quantitative estimate of drug-likeness (QED) is 0.733. The fraction of sp³-hybridized carbons (Fsp3) is 0.286. The van der Waals surface area contributed by atoms with Crippen molar-refractivity contribution in [3.8, 4) is 11.8 Å². The lowest BCUT2D eigenvalue weighted by Gasteiger charge is -2.08. The standard InChI is InChI=1S/C7H8ClN3O3/c1-13-5-3(4(9)12)6(14-2)11-7(8)10-5/h1-2H3,(H2,9,12). The van der Waals surface area contributed by atoms with Crippen molar-refractivity contribution in [2.24, 2.45) is 5.73 Å². The number of primary amides is 1. The maximum atomic E-state index is 11.0. The summed E-state index contributed by atoms with van der Waals surface area (Å²) in [5, 5.41) is -0.0799. The van der Waals surface area contributed by atoms with Crippen molar-refractivity contribution in [2.45, 2.75) is 0 Å². The Morgan fingerprint density at radius 1 is 1.29 bits per heavy atom. The maximum Gasteiger partial charge on any atom is 0.259 e. The van der Waals surface area contributed by atoms with Crippen LogP contribution in [0.5, 0.6) is 11.8 Å². The molecule has 1 aromatic heterocycles. The van der Waals surface area contributed by atoms with Crippen LogP contribution < -0.4 is 15.2 Å². The van der Waals surface area contributed by atoms with E-state index in [4.69, 9.17) is 26.8 Å². The number of hydrogen-bond acceptors (Lipinski definition) is 5. The second-order valence-corrected chi connectivity index (χ2v) is 2.59. The molecule has 0 radical (unpaired) electrons. The molecule has 14 heavy (non-hydrogen) atoms. The van der Waals surface area contributed by atoms with Gasteiger partial charge in [-0.25, -0.2) is 0 Å². The highest BCUT2D eigenvalue weighted by Crippen LogP contribution is 2.25. The van der Waals surface area contributed by atoms with Crippen molar-refractivity contribution in [2.75, 3.05) is 14.2 Å². The Balaban J connectivity index is 3.40. The van der Waals surface area contributed by atoms with Gasteiger partial charge in [0.15, 0.2) is 5.56 Å². The first kappa shape index (κ1) is 10.5. The number of methoxy groups -OCH3 is 2. The highest BCUT2D eigenvalue weighted by molar-refractivity contribution is 6.28. The Morgan fingerprint density at radius 3 is 2.00 bits per heavy atom. The monoisotopic (exact) mass is 217 g/mol. The molecule has 0 unspecified atom stereocenters. The fourth-order valence-electron chi connectivity index (χ4n) is 0.902. The largest absolute Gasteiger partial charge is 0.480 e. The van der Waals surface area contributed by atoms with E-state index in [9.17, 15) is 4.79 Å². The van der Waals surface area contributed by atoms with Crippen molar-refractivity contribution < 1.29 is 14.3 Å². The van der Waals surface area contributed by atoms with Crippen LogP contribution in [0.4, 0.5) is 0 Å². The van der Waals surface area contributed by atoms with Gasteiger partial charge < -0.3 is 15.2 Å². The summed E-state index contributed by atoms with van der Waals surface area (Å²) in [5.74, 6) is -0.751. The van der Waals surface area contributed by atoms with Crippen molar-refractivity contribution >= 4 is 17.5 Å². The summed E-state index contributed by atoms with van der Waals surface area (Å²) in [7, 11) is 2.68. The minimum atomic E-state index is -0.740. The lowest BCUT2D eigenvalue weighted by molar-refractivity contribution is 0.0992. The first-order valence-electron chi connectivity index (χ1n) is 3.55. The van der Waals surface area contributed by atoms with Crippen molar-refractivity contribution in [1.82, 2.24) is 9.97 Å². The Hall–Kier alpha value is -1.56. The van der Waals surface area contributed by atoms with Crippen molar-refractivity contribution in [3.05, 3.63) is 10.8 Å². The van der Waals surface area contributed by atoms with E-state index < -0.39 is 5.91 Å². The molecule has 7 heteroatoms.